The number of benzene rings is 2. The molecule has 0 aliphatic carbocycles. The van der Waals surface area contributed by atoms with E-state index in [0.29, 0.717) is 13.2 Å². The summed E-state index contributed by atoms with van der Waals surface area (Å²) in [5.74, 6) is 1.68. The van der Waals surface area contributed by atoms with Crippen molar-refractivity contribution in [1.29, 1.82) is 0 Å². The van der Waals surface area contributed by atoms with Crippen LogP contribution in [0.1, 0.15) is 12.0 Å². The molecule has 3 nitrogen and oxygen atoms in total. The van der Waals surface area contributed by atoms with Crippen molar-refractivity contribution < 1.29 is 9.47 Å². The van der Waals surface area contributed by atoms with Gasteiger partial charge in [0, 0.05) is 18.2 Å². The number of ether oxygens (including phenoxy) is 2. The molecular formula is C16H15NO2. The van der Waals surface area contributed by atoms with Crippen molar-refractivity contribution >= 4 is 11.9 Å². The molecule has 0 N–H and O–H groups in total. The topological polar surface area (TPSA) is 30.8 Å². The maximum Gasteiger partial charge on any atom is 0.144 e. The van der Waals surface area contributed by atoms with Gasteiger partial charge in [-0.15, -0.1) is 0 Å². The van der Waals surface area contributed by atoms with E-state index in [1.54, 1.807) is 0 Å². The Labute approximate surface area is 112 Å². The molecule has 0 spiro atoms. The van der Waals surface area contributed by atoms with Crippen LogP contribution in [0.4, 0.5) is 5.69 Å². The zero-order valence-corrected chi connectivity index (χ0v) is 10.6. The molecule has 3 rings (SSSR count). The van der Waals surface area contributed by atoms with Crippen molar-refractivity contribution in [3.63, 3.8) is 0 Å². The first-order valence-electron chi connectivity index (χ1n) is 6.41. The highest BCUT2D eigenvalue weighted by molar-refractivity contribution is 5.86. The van der Waals surface area contributed by atoms with E-state index < -0.39 is 0 Å². The predicted molar refractivity (Wildman–Crippen MR) is 75.7 cm³/mol. The number of para-hydroxylation sites is 3. The van der Waals surface area contributed by atoms with Crippen LogP contribution >= 0.6 is 0 Å². The number of nitrogens with zero attached hydrogens (tertiary/aromatic N) is 1. The van der Waals surface area contributed by atoms with Crippen LogP contribution in [0.3, 0.4) is 0 Å². The summed E-state index contributed by atoms with van der Waals surface area (Å²) >= 11 is 0. The Hall–Kier alpha value is -2.29. The summed E-state index contributed by atoms with van der Waals surface area (Å²) in [4.78, 5) is 4.50. The molecule has 2 aromatic rings. The Bertz CT molecular complexity index is 541. The molecular weight excluding hydrogens is 238 g/mol. The molecule has 1 heterocycles. The van der Waals surface area contributed by atoms with E-state index in [1.165, 1.54) is 0 Å². The molecule has 0 fully saturated rings. The van der Waals surface area contributed by atoms with Crippen molar-refractivity contribution in [2.45, 2.75) is 6.42 Å². The maximum absolute atomic E-state index is 5.75. The van der Waals surface area contributed by atoms with Gasteiger partial charge in [0.1, 0.15) is 17.2 Å². The average Bonchev–Trinajstić information content (AvgIpc) is 2.50. The van der Waals surface area contributed by atoms with Gasteiger partial charge in [-0.25, -0.2) is 0 Å². The van der Waals surface area contributed by atoms with Crippen LogP contribution in [0.5, 0.6) is 11.5 Å². The summed E-state index contributed by atoms with van der Waals surface area (Å²) in [5.41, 5.74) is 1.83. The van der Waals surface area contributed by atoms with Crippen molar-refractivity contribution in [2.75, 3.05) is 13.2 Å². The second kappa shape index (κ2) is 5.57. The minimum absolute atomic E-state index is 0.634. The lowest BCUT2D eigenvalue weighted by atomic mass is 10.2. The molecule has 0 saturated carbocycles. The first kappa shape index (κ1) is 11.8. The van der Waals surface area contributed by atoms with Crippen molar-refractivity contribution in [3.05, 3.63) is 54.1 Å². The predicted octanol–water partition coefficient (Wildman–Crippen LogP) is 3.60. The summed E-state index contributed by atoms with van der Waals surface area (Å²) in [6, 6.07) is 15.7. The Balaban J connectivity index is 2.00. The van der Waals surface area contributed by atoms with Gasteiger partial charge in [0.05, 0.1) is 13.2 Å². The molecule has 0 saturated heterocycles. The molecule has 0 atom stereocenters. The third-order valence-corrected chi connectivity index (χ3v) is 2.93. The zero-order valence-electron chi connectivity index (χ0n) is 10.6. The van der Waals surface area contributed by atoms with E-state index >= 15 is 0 Å². The van der Waals surface area contributed by atoms with Crippen LogP contribution in [0.15, 0.2) is 53.5 Å². The fourth-order valence-electron chi connectivity index (χ4n) is 1.97. The molecule has 0 aromatic heterocycles. The molecule has 0 unspecified atom stereocenters. The van der Waals surface area contributed by atoms with Crippen LogP contribution in [-0.4, -0.2) is 19.4 Å². The van der Waals surface area contributed by atoms with Gasteiger partial charge < -0.3 is 9.47 Å². The summed E-state index contributed by atoms with van der Waals surface area (Å²) in [6.45, 7) is 1.28. The van der Waals surface area contributed by atoms with Gasteiger partial charge in [-0.05, 0) is 24.3 Å². The van der Waals surface area contributed by atoms with Crippen molar-refractivity contribution in [3.8, 4) is 11.5 Å². The van der Waals surface area contributed by atoms with E-state index in [2.05, 4.69) is 4.99 Å². The van der Waals surface area contributed by atoms with Gasteiger partial charge in [0.15, 0.2) is 0 Å². The summed E-state index contributed by atoms with van der Waals surface area (Å²) in [7, 11) is 0. The fourth-order valence-corrected chi connectivity index (χ4v) is 1.97. The SMILES string of the molecule is C1=Nc2ccccc2OCCCOc2ccccc21. The van der Waals surface area contributed by atoms with Crippen molar-refractivity contribution in [2.24, 2.45) is 4.99 Å². The number of fused-ring (bicyclic) bond motifs is 2. The standard InChI is InChI=1S/C16H15NO2/c1-3-8-15-13(6-1)12-17-14-7-2-4-9-16(14)19-11-5-10-18-15/h1-4,6-9,12H,5,10-11H2. The minimum Gasteiger partial charge on any atom is -0.493 e. The first-order chi connectivity index (χ1) is 9.43. The Morgan fingerprint density at radius 1 is 0.789 bits per heavy atom. The van der Waals surface area contributed by atoms with Gasteiger partial charge >= 0.3 is 0 Å². The molecule has 0 radical (unpaired) electrons. The lowest BCUT2D eigenvalue weighted by molar-refractivity contribution is 0.248. The zero-order chi connectivity index (χ0) is 12.9. The van der Waals surface area contributed by atoms with Gasteiger partial charge in [0.2, 0.25) is 0 Å². The Morgan fingerprint density at radius 2 is 1.47 bits per heavy atom. The summed E-state index contributed by atoms with van der Waals surface area (Å²) in [6.07, 6.45) is 2.67. The molecule has 0 amide bonds. The summed E-state index contributed by atoms with van der Waals surface area (Å²) in [5, 5.41) is 0. The van der Waals surface area contributed by atoms with Gasteiger partial charge in [-0.1, -0.05) is 24.3 Å². The van der Waals surface area contributed by atoms with Crippen LogP contribution in [0.25, 0.3) is 0 Å². The first-order valence-corrected chi connectivity index (χ1v) is 6.41. The second-order valence-electron chi connectivity index (χ2n) is 4.31. The second-order valence-corrected chi connectivity index (χ2v) is 4.31. The Kier molecular flexibility index (Phi) is 3.45. The summed E-state index contributed by atoms with van der Waals surface area (Å²) < 4.78 is 11.5. The molecule has 0 bridgehead atoms. The molecule has 96 valence electrons. The van der Waals surface area contributed by atoms with Crippen LogP contribution < -0.4 is 9.47 Å². The fraction of sp³-hybridized carbons (Fsp3) is 0.188. The number of hydrogen-bond donors (Lipinski definition) is 0. The van der Waals surface area contributed by atoms with Gasteiger partial charge in [-0.3, -0.25) is 4.99 Å². The van der Waals surface area contributed by atoms with E-state index in [4.69, 9.17) is 9.47 Å². The third-order valence-electron chi connectivity index (χ3n) is 2.93. The van der Waals surface area contributed by atoms with E-state index in [1.807, 2.05) is 54.7 Å². The van der Waals surface area contributed by atoms with E-state index in [0.717, 1.165) is 29.2 Å². The monoisotopic (exact) mass is 253 g/mol. The van der Waals surface area contributed by atoms with Crippen LogP contribution in [-0.2, 0) is 0 Å². The molecule has 2 aromatic carbocycles. The molecule has 1 aliphatic heterocycles. The number of hydrogen-bond acceptors (Lipinski definition) is 3. The minimum atomic E-state index is 0.634. The highest BCUT2D eigenvalue weighted by Gasteiger charge is 2.05. The highest BCUT2D eigenvalue weighted by Crippen LogP contribution is 2.28. The lowest BCUT2D eigenvalue weighted by Gasteiger charge is -2.08. The third kappa shape index (κ3) is 2.76. The molecule has 3 heteroatoms. The van der Waals surface area contributed by atoms with Gasteiger partial charge in [-0.2, -0.15) is 0 Å². The largest absolute Gasteiger partial charge is 0.493 e. The molecule has 19 heavy (non-hydrogen) atoms. The van der Waals surface area contributed by atoms with Crippen LogP contribution in [0, 0.1) is 0 Å². The smallest absolute Gasteiger partial charge is 0.144 e. The van der Waals surface area contributed by atoms with E-state index in [9.17, 15) is 0 Å². The Morgan fingerprint density at radius 3 is 2.37 bits per heavy atom. The number of rotatable bonds is 0. The van der Waals surface area contributed by atoms with Crippen molar-refractivity contribution in [1.82, 2.24) is 0 Å². The lowest BCUT2D eigenvalue weighted by Crippen LogP contribution is -2.05. The molecule has 1 aliphatic rings. The van der Waals surface area contributed by atoms with E-state index in [-0.39, 0.29) is 0 Å². The highest BCUT2D eigenvalue weighted by atomic mass is 16.5. The van der Waals surface area contributed by atoms with Crippen LogP contribution in [0.2, 0.25) is 0 Å². The average molecular weight is 253 g/mol. The quantitative estimate of drug-likeness (QED) is 0.718. The number of aliphatic imine (C=N–C) groups is 1. The van der Waals surface area contributed by atoms with Gasteiger partial charge in [0.25, 0.3) is 0 Å². The maximum atomic E-state index is 5.75. The normalized spacial score (nSPS) is 14.3.